The number of amides is 1. The fourth-order valence-corrected chi connectivity index (χ4v) is 0.498. The third-order valence-corrected chi connectivity index (χ3v) is 1.09. The Hall–Kier alpha value is -0.690. The highest BCUT2D eigenvalue weighted by Crippen LogP contribution is 1.86. The van der Waals surface area contributed by atoms with E-state index in [2.05, 4.69) is 11.1 Å². The minimum Gasteiger partial charge on any atom is -0.379 e. The molecular formula is C5H13N3O3. The van der Waals surface area contributed by atoms with Crippen LogP contribution in [0.25, 0.3) is 0 Å². The van der Waals surface area contributed by atoms with Crippen molar-refractivity contribution in [1.82, 2.24) is 5.32 Å². The van der Waals surface area contributed by atoms with Crippen LogP contribution in [0.4, 0.5) is 0 Å². The molecule has 0 bridgehead atoms. The van der Waals surface area contributed by atoms with Gasteiger partial charge in [0.2, 0.25) is 5.91 Å². The summed E-state index contributed by atoms with van der Waals surface area (Å²) in [5.74, 6) is -0.970. The molecule has 11 heavy (non-hydrogen) atoms. The predicted octanol–water partition coefficient (Wildman–Crippen LogP) is -3.30. The third kappa shape index (κ3) is 3.89. The lowest BCUT2D eigenvalue weighted by molar-refractivity contribution is -0.132. The van der Waals surface area contributed by atoms with Gasteiger partial charge in [-0.15, -0.1) is 0 Å². The van der Waals surface area contributed by atoms with Crippen molar-refractivity contribution in [3.05, 3.63) is 0 Å². The van der Waals surface area contributed by atoms with Gasteiger partial charge >= 0.3 is 0 Å². The van der Waals surface area contributed by atoms with Gasteiger partial charge in [-0.2, -0.15) is 0 Å². The van der Waals surface area contributed by atoms with Crippen molar-refractivity contribution in [3.63, 3.8) is 0 Å². The molecule has 0 aromatic rings. The molecule has 0 aliphatic heterocycles. The first-order valence-corrected chi connectivity index (χ1v) is 3.18. The van der Waals surface area contributed by atoms with Crippen LogP contribution in [0, 0.1) is 0 Å². The Morgan fingerprint density at radius 3 is 2.45 bits per heavy atom. The fraction of sp³-hybridized carbons (Fsp3) is 0.800. The van der Waals surface area contributed by atoms with E-state index in [1.807, 2.05) is 0 Å². The molecule has 0 heterocycles. The highest BCUT2D eigenvalue weighted by atomic mass is 16.3. The summed E-state index contributed by atoms with van der Waals surface area (Å²) in [7, 11) is 0. The molecule has 7 N–H and O–H groups in total. The van der Waals surface area contributed by atoms with E-state index in [-0.39, 0.29) is 0 Å². The molecule has 0 aliphatic rings. The summed E-state index contributed by atoms with van der Waals surface area (Å²) in [6, 6.07) is 0. The third-order valence-electron chi connectivity index (χ3n) is 1.09. The first kappa shape index (κ1) is 10.3. The van der Waals surface area contributed by atoms with Crippen LogP contribution in [-0.2, 0) is 4.79 Å². The zero-order valence-electron chi connectivity index (χ0n) is 6.03. The minimum absolute atomic E-state index is 0.308. The van der Waals surface area contributed by atoms with E-state index in [9.17, 15) is 4.79 Å². The molecule has 6 heteroatoms. The number of rotatable bonds is 5. The molecule has 2 atom stereocenters. The Kier molecular flexibility index (Phi) is 4.71. The van der Waals surface area contributed by atoms with Crippen LogP contribution in [0.15, 0.2) is 0 Å². The largest absolute Gasteiger partial charge is 0.379 e. The van der Waals surface area contributed by atoms with Crippen molar-refractivity contribution in [3.8, 4) is 0 Å². The van der Waals surface area contributed by atoms with Crippen LogP contribution >= 0.6 is 0 Å². The van der Waals surface area contributed by atoms with Crippen LogP contribution in [0.1, 0.15) is 0 Å². The van der Waals surface area contributed by atoms with Gasteiger partial charge in [0.05, 0.1) is 0 Å². The summed E-state index contributed by atoms with van der Waals surface area (Å²) >= 11 is 0. The highest BCUT2D eigenvalue weighted by molar-refractivity contribution is 5.79. The van der Waals surface area contributed by atoms with E-state index in [1.165, 1.54) is 0 Å². The summed E-state index contributed by atoms with van der Waals surface area (Å²) in [5.41, 5.74) is 9.77. The van der Waals surface area contributed by atoms with E-state index in [0.29, 0.717) is 13.1 Å². The standard InChI is InChI=1S/C5H13N3O3/c6-1-2-8-5(11)3(9)4(7)10/h3,5,8-9,11H,1-2,6H2,(H2,7,10). The van der Waals surface area contributed by atoms with Crippen molar-refractivity contribution < 1.29 is 15.0 Å². The minimum atomic E-state index is -1.58. The van der Waals surface area contributed by atoms with Crippen molar-refractivity contribution in [1.29, 1.82) is 0 Å². The lowest BCUT2D eigenvalue weighted by Crippen LogP contribution is -2.48. The average molecular weight is 163 g/mol. The Balaban J connectivity index is 3.63. The maximum absolute atomic E-state index is 10.2. The smallest absolute Gasteiger partial charge is 0.250 e. The number of hydrogen-bond donors (Lipinski definition) is 5. The number of carbonyl (C=O) groups is 1. The Morgan fingerprint density at radius 1 is 1.55 bits per heavy atom. The van der Waals surface area contributed by atoms with Crippen molar-refractivity contribution in [2.45, 2.75) is 12.3 Å². The van der Waals surface area contributed by atoms with Crippen molar-refractivity contribution in [2.75, 3.05) is 13.1 Å². The van der Waals surface area contributed by atoms with Crippen LogP contribution in [0.3, 0.4) is 0 Å². The maximum atomic E-state index is 10.2. The summed E-state index contributed by atoms with van der Waals surface area (Å²) in [4.78, 5) is 10.2. The molecule has 66 valence electrons. The Morgan fingerprint density at radius 2 is 2.09 bits per heavy atom. The normalized spacial score (nSPS) is 15.9. The fourth-order valence-electron chi connectivity index (χ4n) is 0.498. The summed E-state index contributed by atoms with van der Waals surface area (Å²) in [6.45, 7) is 0.619. The second kappa shape index (κ2) is 5.03. The van der Waals surface area contributed by atoms with Gasteiger partial charge in [0.15, 0.2) is 6.10 Å². The van der Waals surface area contributed by atoms with Gasteiger partial charge in [-0.05, 0) is 0 Å². The Labute approximate surface area is 64.2 Å². The summed E-state index contributed by atoms with van der Waals surface area (Å²) < 4.78 is 0. The number of aliphatic hydroxyl groups excluding tert-OH is 2. The molecule has 0 aromatic heterocycles. The summed E-state index contributed by atoms with van der Waals surface area (Å²) in [6.07, 6.45) is -2.92. The van der Waals surface area contributed by atoms with Gasteiger partial charge in [0, 0.05) is 13.1 Å². The zero-order chi connectivity index (χ0) is 8.85. The Bertz CT molecular complexity index is 130. The molecule has 0 rings (SSSR count). The van der Waals surface area contributed by atoms with Gasteiger partial charge in [-0.25, -0.2) is 0 Å². The summed E-state index contributed by atoms with van der Waals surface area (Å²) in [5, 5.41) is 20.1. The van der Waals surface area contributed by atoms with Gasteiger partial charge in [-0.3, -0.25) is 10.1 Å². The van der Waals surface area contributed by atoms with Gasteiger partial charge in [-0.1, -0.05) is 0 Å². The van der Waals surface area contributed by atoms with E-state index < -0.39 is 18.2 Å². The van der Waals surface area contributed by atoms with E-state index in [4.69, 9.17) is 15.9 Å². The van der Waals surface area contributed by atoms with Crippen LogP contribution in [0.2, 0.25) is 0 Å². The monoisotopic (exact) mass is 163 g/mol. The molecule has 1 amide bonds. The van der Waals surface area contributed by atoms with Crippen LogP contribution < -0.4 is 16.8 Å². The first-order valence-electron chi connectivity index (χ1n) is 3.18. The number of hydrogen-bond acceptors (Lipinski definition) is 5. The molecule has 0 aliphatic carbocycles. The lowest BCUT2D eigenvalue weighted by Gasteiger charge is -2.15. The molecule has 0 spiro atoms. The van der Waals surface area contributed by atoms with E-state index in [0.717, 1.165) is 0 Å². The quantitative estimate of drug-likeness (QED) is 0.272. The van der Waals surface area contributed by atoms with Crippen LogP contribution in [0.5, 0.6) is 0 Å². The van der Waals surface area contributed by atoms with Gasteiger partial charge < -0.3 is 21.7 Å². The van der Waals surface area contributed by atoms with Crippen molar-refractivity contribution >= 4 is 5.91 Å². The lowest BCUT2D eigenvalue weighted by atomic mass is 10.3. The maximum Gasteiger partial charge on any atom is 0.250 e. The molecule has 0 fully saturated rings. The van der Waals surface area contributed by atoms with E-state index in [1.54, 1.807) is 0 Å². The molecule has 0 saturated heterocycles. The average Bonchev–Trinajstić information content (AvgIpc) is 1.98. The molecule has 0 aromatic carbocycles. The SMILES string of the molecule is NCCNC(O)C(O)C(N)=O. The molecule has 0 saturated carbocycles. The molecule has 0 radical (unpaired) electrons. The zero-order valence-corrected chi connectivity index (χ0v) is 6.03. The first-order chi connectivity index (χ1) is 5.09. The number of carbonyl (C=O) groups excluding carboxylic acids is 1. The molecule has 6 nitrogen and oxygen atoms in total. The number of nitrogens with two attached hydrogens (primary N) is 2. The second-order valence-electron chi connectivity index (χ2n) is 2.03. The van der Waals surface area contributed by atoms with Crippen molar-refractivity contribution in [2.24, 2.45) is 11.5 Å². The number of nitrogens with one attached hydrogen (secondary N) is 1. The van der Waals surface area contributed by atoms with Gasteiger partial charge in [0.25, 0.3) is 0 Å². The number of primary amides is 1. The van der Waals surface area contributed by atoms with E-state index >= 15 is 0 Å². The highest BCUT2D eigenvalue weighted by Gasteiger charge is 2.20. The predicted molar refractivity (Wildman–Crippen MR) is 38.3 cm³/mol. The second-order valence-corrected chi connectivity index (χ2v) is 2.03. The van der Waals surface area contributed by atoms with Gasteiger partial charge in [0.1, 0.15) is 6.23 Å². The van der Waals surface area contributed by atoms with Crippen LogP contribution in [-0.4, -0.2) is 41.5 Å². The molecule has 2 unspecified atom stereocenters. The topological polar surface area (TPSA) is 122 Å². The number of aliphatic hydroxyl groups is 2. The molecular weight excluding hydrogens is 150 g/mol.